The third-order valence-electron chi connectivity index (χ3n) is 1.33. The first-order valence-corrected chi connectivity index (χ1v) is 5.08. The molecule has 0 aliphatic carbocycles. The molecule has 0 unspecified atom stereocenters. The van der Waals surface area contributed by atoms with Crippen LogP contribution >= 0.6 is 11.8 Å². The first kappa shape index (κ1) is 9.91. The minimum Gasteiger partial charge on any atom is -0.149 e. The monoisotopic (exact) mass is 156 g/mol. The van der Waals surface area contributed by atoms with Crippen LogP contribution in [0.2, 0.25) is 0 Å². The molecular weight excluding hydrogens is 140 g/mol. The fourth-order valence-electron chi connectivity index (χ4n) is 0.762. The van der Waals surface area contributed by atoms with Gasteiger partial charge in [-0.1, -0.05) is 32.1 Å². The fraction of sp³-hybridized carbons (Fsp3) is 0.778. The molecule has 0 spiro atoms. The smallest absolute Gasteiger partial charge is 0.0544 e. The van der Waals surface area contributed by atoms with Crippen LogP contribution in [-0.4, -0.2) is 11.5 Å². The number of hydrogen-bond acceptors (Lipinski definition) is 1. The largest absolute Gasteiger partial charge is 0.149 e. The van der Waals surface area contributed by atoms with Crippen molar-refractivity contribution in [1.82, 2.24) is 0 Å². The molecule has 0 amide bonds. The molecule has 0 radical (unpaired) electrons. The van der Waals surface area contributed by atoms with Gasteiger partial charge in [-0.3, -0.25) is 0 Å². The van der Waals surface area contributed by atoms with Crippen LogP contribution in [0.15, 0.2) is 0 Å². The van der Waals surface area contributed by atoms with E-state index in [9.17, 15) is 0 Å². The molecule has 0 saturated carbocycles. The van der Waals surface area contributed by atoms with E-state index < -0.39 is 0 Å². The topological polar surface area (TPSA) is 0 Å². The van der Waals surface area contributed by atoms with Gasteiger partial charge in [0.2, 0.25) is 0 Å². The van der Waals surface area contributed by atoms with Crippen LogP contribution in [0.3, 0.4) is 0 Å². The lowest BCUT2D eigenvalue weighted by Crippen LogP contribution is -1.81. The van der Waals surface area contributed by atoms with Crippen LogP contribution in [0.1, 0.15) is 32.6 Å². The summed E-state index contributed by atoms with van der Waals surface area (Å²) >= 11 is 1.87. The summed E-state index contributed by atoms with van der Waals surface area (Å²) in [5.41, 5.74) is 0. The first-order valence-electron chi connectivity index (χ1n) is 3.93. The zero-order valence-corrected chi connectivity index (χ0v) is 7.54. The molecule has 10 heavy (non-hydrogen) atoms. The fourth-order valence-corrected chi connectivity index (χ4v) is 1.43. The minimum absolute atomic E-state index is 0.881. The van der Waals surface area contributed by atoms with Crippen LogP contribution in [0.4, 0.5) is 0 Å². The molecule has 58 valence electrons. The molecule has 0 aliphatic heterocycles. The number of terminal acetylenes is 1. The molecule has 0 aromatic heterocycles. The summed E-state index contributed by atoms with van der Waals surface area (Å²) in [5.74, 6) is 4.74. The molecule has 0 heterocycles. The maximum absolute atomic E-state index is 5.10. The van der Waals surface area contributed by atoms with Crippen molar-refractivity contribution >= 4 is 11.8 Å². The van der Waals surface area contributed by atoms with Crippen molar-refractivity contribution in [3.8, 4) is 12.3 Å². The zero-order chi connectivity index (χ0) is 7.66. The molecule has 0 N–H and O–H groups in total. The summed E-state index contributed by atoms with van der Waals surface area (Å²) in [6.07, 6.45) is 10.5. The van der Waals surface area contributed by atoms with Crippen molar-refractivity contribution in [2.45, 2.75) is 32.6 Å². The zero-order valence-electron chi connectivity index (χ0n) is 6.73. The highest BCUT2D eigenvalue weighted by atomic mass is 32.2. The standard InChI is InChI=1S/C9H16S/c1-3-5-6-7-9-10-8-4-2/h2H,3,5-9H2,1H3. The summed E-state index contributed by atoms with van der Waals surface area (Å²) in [4.78, 5) is 0. The van der Waals surface area contributed by atoms with Gasteiger partial charge < -0.3 is 0 Å². The molecule has 0 fully saturated rings. The predicted octanol–water partition coefficient (Wildman–Crippen LogP) is 2.93. The molecule has 0 saturated heterocycles. The summed E-state index contributed by atoms with van der Waals surface area (Å²) in [7, 11) is 0. The van der Waals surface area contributed by atoms with Crippen LogP contribution in [0.5, 0.6) is 0 Å². The number of hydrogen-bond donors (Lipinski definition) is 0. The second kappa shape index (κ2) is 8.91. The van der Waals surface area contributed by atoms with E-state index in [0.717, 1.165) is 5.75 Å². The van der Waals surface area contributed by atoms with Gasteiger partial charge in [0.15, 0.2) is 0 Å². The lowest BCUT2D eigenvalue weighted by atomic mass is 10.2. The lowest BCUT2D eigenvalue weighted by Gasteiger charge is -1.96. The Balaban J connectivity index is 2.72. The molecule has 0 aromatic carbocycles. The molecule has 0 aromatic rings. The van der Waals surface area contributed by atoms with Crippen LogP contribution in [-0.2, 0) is 0 Å². The Morgan fingerprint density at radius 3 is 2.70 bits per heavy atom. The highest BCUT2D eigenvalue weighted by molar-refractivity contribution is 7.99. The first-order chi connectivity index (χ1) is 4.91. The van der Waals surface area contributed by atoms with Gasteiger partial charge >= 0.3 is 0 Å². The van der Waals surface area contributed by atoms with Gasteiger partial charge in [0.05, 0.1) is 5.75 Å². The van der Waals surface area contributed by atoms with Gasteiger partial charge in [-0.15, -0.1) is 18.2 Å². The normalized spacial score (nSPS) is 9.20. The average molecular weight is 156 g/mol. The van der Waals surface area contributed by atoms with Crippen molar-refractivity contribution in [3.05, 3.63) is 0 Å². The van der Waals surface area contributed by atoms with Crippen molar-refractivity contribution in [1.29, 1.82) is 0 Å². The summed E-state index contributed by atoms with van der Waals surface area (Å²) in [6, 6.07) is 0. The van der Waals surface area contributed by atoms with E-state index in [1.165, 1.54) is 31.4 Å². The van der Waals surface area contributed by atoms with E-state index in [4.69, 9.17) is 6.42 Å². The number of unbranched alkanes of at least 4 members (excludes halogenated alkanes) is 3. The van der Waals surface area contributed by atoms with E-state index in [1.54, 1.807) is 0 Å². The van der Waals surface area contributed by atoms with Gasteiger partial charge in [-0.2, -0.15) is 0 Å². The molecule has 0 nitrogen and oxygen atoms in total. The molecule has 0 bridgehead atoms. The van der Waals surface area contributed by atoms with E-state index >= 15 is 0 Å². The van der Waals surface area contributed by atoms with Crippen LogP contribution in [0, 0.1) is 12.3 Å². The summed E-state index contributed by atoms with van der Waals surface area (Å²) < 4.78 is 0. The van der Waals surface area contributed by atoms with Gasteiger partial charge in [0, 0.05) is 0 Å². The highest BCUT2D eigenvalue weighted by Crippen LogP contribution is 2.06. The van der Waals surface area contributed by atoms with Crippen LogP contribution in [0.25, 0.3) is 0 Å². The van der Waals surface area contributed by atoms with Crippen molar-refractivity contribution in [2.75, 3.05) is 11.5 Å². The maximum Gasteiger partial charge on any atom is 0.0544 e. The Bertz CT molecular complexity index is 91.4. The van der Waals surface area contributed by atoms with E-state index in [2.05, 4.69) is 12.8 Å². The molecule has 0 atom stereocenters. The van der Waals surface area contributed by atoms with Gasteiger partial charge in [0.1, 0.15) is 0 Å². The van der Waals surface area contributed by atoms with Gasteiger partial charge in [-0.05, 0) is 12.2 Å². The predicted molar refractivity (Wildman–Crippen MR) is 50.3 cm³/mol. The van der Waals surface area contributed by atoms with E-state index in [-0.39, 0.29) is 0 Å². The Hall–Kier alpha value is -0.0900. The van der Waals surface area contributed by atoms with Gasteiger partial charge in [0.25, 0.3) is 0 Å². The Labute approximate surface area is 68.8 Å². The SMILES string of the molecule is C#CCSCCCCCC. The van der Waals surface area contributed by atoms with E-state index in [0.29, 0.717) is 0 Å². The number of rotatable bonds is 6. The molecular formula is C9H16S. The Kier molecular flexibility index (Phi) is 8.83. The molecule has 1 heteroatoms. The molecule has 0 rings (SSSR count). The second-order valence-corrected chi connectivity index (χ2v) is 3.42. The van der Waals surface area contributed by atoms with Crippen molar-refractivity contribution in [3.63, 3.8) is 0 Å². The minimum atomic E-state index is 0.881. The lowest BCUT2D eigenvalue weighted by molar-refractivity contribution is 0.706. The Morgan fingerprint density at radius 1 is 1.30 bits per heavy atom. The van der Waals surface area contributed by atoms with Crippen molar-refractivity contribution in [2.24, 2.45) is 0 Å². The van der Waals surface area contributed by atoms with Crippen LogP contribution < -0.4 is 0 Å². The maximum atomic E-state index is 5.10. The quantitative estimate of drug-likeness (QED) is 0.421. The van der Waals surface area contributed by atoms with E-state index in [1.807, 2.05) is 11.8 Å². The highest BCUT2D eigenvalue weighted by Gasteiger charge is 1.86. The Morgan fingerprint density at radius 2 is 2.10 bits per heavy atom. The number of thioether (sulfide) groups is 1. The average Bonchev–Trinajstić information content (AvgIpc) is 1.97. The third-order valence-corrected chi connectivity index (χ3v) is 2.28. The summed E-state index contributed by atoms with van der Waals surface area (Å²) in [6.45, 7) is 2.23. The summed E-state index contributed by atoms with van der Waals surface area (Å²) in [5, 5.41) is 0. The third kappa shape index (κ3) is 7.91. The second-order valence-electron chi connectivity index (χ2n) is 2.32. The van der Waals surface area contributed by atoms with Gasteiger partial charge in [-0.25, -0.2) is 0 Å². The van der Waals surface area contributed by atoms with Crippen molar-refractivity contribution < 1.29 is 0 Å². The molecule has 0 aliphatic rings.